The number of ether oxygens (including phenoxy) is 1. The van der Waals surface area contributed by atoms with Crippen LogP contribution >= 0.6 is 0 Å². The first-order valence-electron chi connectivity index (χ1n) is 7.61. The Morgan fingerprint density at radius 3 is 2.72 bits per heavy atom. The van der Waals surface area contributed by atoms with Gasteiger partial charge in [0, 0.05) is 26.0 Å². The van der Waals surface area contributed by atoms with Gasteiger partial charge in [-0.25, -0.2) is 8.42 Å². The van der Waals surface area contributed by atoms with E-state index in [2.05, 4.69) is 10.3 Å². The average molecular weight is 363 g/mol. The molecule has 0 bridgehead atoms. The summed E-state index contributed by atoms with van der Waals surface area (Å²) in [6.45, 7) is 1.78. The van der Waals surface area contributed by atoms with Crippen molar-refractivity contribution in [1.29, 1.82) is 0 Å². The Kier molecular flexibility index (Phi) is 6.11. The largest absolute Gasteiger partial charge is 0.495 e. The minimum Gasteiger partial charge on any atom is -0.495 e. The summed E-state index contributed by atoms with van der Waals surface area (Å²) in [5, 5.41) is 2.68. The van der Waals surface area contributed by atoms with Crippen LogP contribution in [-0.4, -0.2) is 44.3 Å². The second kappa shape index (κ2) is 8.09. The van der Waals surface area contributed by atoms with Gasteiger partial charge in [-0.3, -0.25) is 9.78 Å². The molecule has 0 fully saturated rings. The molecule has 0 unspecified atom stereocenters. The maximum Gasteiger partial charge on any atom is 0.246 e. The van der Waals surface area contributed by atoms with Gasteiger partial charge in [-0.05, 0) is 36.2 Å². The third-order valence-corrected chi connectivity index (χ3v) is 5.41. The van der Waals surface area contributed by atoms with Crippen LogP contribution in [0.5, 0.6) is 5.75 Å². The topological polar surface area (TPSA) is 88.6 Å². The van der Waals surface area contributed by atoms with Gasteiger partial charge >= 0.3 is 0 Å². The molecule has 134 valence electrons. The van der Waals surface area contributed by atoms with Gasteiger partial charge in [0.05, 0.1) is 13.7 Å². The molecule has 0 radical (unpaired) electrons. The van der Waals surface area contributed by atoms with E-state index in [1.54, 1.807) is 37.5 Å². The maximum atomic E-state index is 12.7. The monoisotopic (exact) mass is 363 g/mol. The number of carbonyl (C=O) groups excluding carboxylic acids is 1. The zero-order chi connectivity index (χ0) is 18.4. The number of rotatable bonds is 7. The highest BCUT2D eigenvalue weighted by molar-refractivity contribution is 7.89. The first kappa shape index (κ1) is 18.9. The number of sulfonamides is 1. The predicted octanol–water partition coefficient (Wildman–Crippen LogP) is 1.34. The molecular weight excluding hydrogens is 342 g/mol. The van der Waals surface area contributed by atoms with Crippen molar-refractivity contribution in [3.05, 3.63) is 53.9 Å². The molecule has 8 heteroatoms. The van der Waals surface area contributed by atoms with E-state index in [-0.39, 0.29) is 23.7 Å². The van der Waals surface area contributed by atoms with Crippen molar-refractivity contribution in [2.45, 2.75) is 18.4 Å². The summed E-state index contributed by atoms with van der Waals surface area (Å²) in [4.78, 5) is 16.1. The summed E-state index contributed by atoms with van der Waals surface area (Å²) in [5.41, 5.74) is 1.62. The molecule has 0 atom stereocenters. The molecule has 1 amide bonds. The average Bonchev–Trinajstić information content (AvgIpc) is 2.60. The number of carbonyl (C=O) groups is 1. The van der Waals surface area contributed by atoms with Crippen molar-refractivity contribution in [2.75, 3.05) is 20.7 Å². The van der Waals surface area contributed by atoms with Crippen LogP contribution in [-0.2, 0) is 21.4 Å². The molecule has 2 aromatic rings. The van der Waals surface area contributed by atoms with Crippen LogP contribution in [0.3, 0.4) is 0 Å². The predicted molar refractivity (Wildman–Crippen MR) is 93.6 cm³/mol. The Labute approximate surface area is 147 Å². The summed E-state index contributed by atoms with van der Waals surface area (Å²) in [7, 11) is -1.08. The van der Waals surface area contributed by atoms with E-state index in [1.165, 1.54) is 20.2 Å². The number of hydrogen-bond acceptors (Lipinski definition) is 5. The van der Waals surface area contributed by atoms with Crippen LogP contribution in [0.1, 0.15) is 11.1 Å². The van der Waals surface area contributed by atoms with E-state index in [4.69, 9.17) is 4.74 Å². The van der Waals surface area contributed by atoms with Crippen molar-refractivity contribution in [2.24, 2.45) is 0 Å². The minimum atomic E-state index is -3.85. The minimum absolute atomic E-state index is 0.0394. The second-order valence-corrected chi connectivity index (χ2v) is 7.57. The zero-order valence-electron chi connectivity index (χ0n) is 14.4. The van der Waals surface area contributed by atoms with Crippen molar-refractivity contribution < 1.29 is 17.9 Å². The molecule has 1 N–H and O–H groups in total. The number of aryl methyl sites for hydroxylation is 1. The molecule has 0 spiro atoms. The number of nitrogens with one attached hydrogen (secondary N) is 1. The number of pyridine rings is 1. The quantitative estimate of drug-likeness (QED) is 0.802. The van der Waals surface area contributed by atoms with Crippen LogP contribution in [0.15, 0.2) is 47.6 Å². The summed E-state index contributed by atoms with van der Waals surface area (Å²) in [6, 6.07) is 8.47. The van der Waals surface area contributed by atoms with Gasteiger partial charge in [-0.2, -0.15) is 4.31 Å². The van der Waals surface area contributed by atoms with Gasteiger partial charge in [0.15, 0.2) is 0 Å². The molecule has 1 aromatic carbocycles. The second-order valence-electron chi connectivity index (χ2n) is 5.55. The lowest BCUT2D eigenvalue weighted by Crippen LogP contribution is -2.38. The number of hydrogen-bond donors (Lipinski definition) is 1. The van der Waals surface area contributed by atoms with E-state index in [0.717, 1.165) is 15.4 Å². The fraction of sp³-hybridized carbons (Fsp3) is 0.294. The van der Waals surface area contributed by atoms with Crippen LogP contribution in [0.2, 0.25) is 0 Å². The Morgan fingerprint density at radius 2 is 2.08 bits per heavy atom. The molecule has 0 saturated heterocycles. The molecular formula is C17H21N3O4S. The number of amides is 1. The Bertz CT molecular complexity index is 838. The van der Waals surface area contributed by atoms with Gasteiger partial charge in [0.25, 0.3) is 0 Å². The van der Waals surface area contributed by atoms with Gasteiger partial charge in [0.2, 0.25) is 15.9 Å². The van der Waals surface area contributed by atoms with Crippen molar-refractivity contribution in [3.8, 4) is 5.75 Å². The fourth-order valence-electron chi connectivity index (χ4n) is 2.20. The fourth-order valence-corrected chi connectivity index (χ4v) is 3.56. The van der Waals surface area contributed by atoms with E-state index in [9.17, 15) is 13.2 Å². The molecule has 7 nitrogen and oxygen atoms in total. The molecule has 0 saturated carbocycles. The van der Waals surface area contributed by atoms with Crippen LogP contribution in [0.4, 0.5) is 0 Å². The number of benzene rings is 1. The van der Waals surface area contributed by atoms with E-state index >= 15 is 0 Å². The zero-order valence-corrected chi connectivity index (χ0v) is 15.2. The number of likely N-dealkylation sites (N-methyl/N-ethyl adjacent to an activating group) is 1. The maximum absolute atomic E-state index is 12.7. The lowest BCUT2D eigenvalue weighted by molar-refractivity contribution is -0.121. The number of methoxy groups -OCH3 is 1. The van der Waals surface area contributed by atoms with Crippen LogP contribution in [0, 0.1) is 6.92 Å². The third-order valence-electron chi connectivity index (χ3n) is 3.59. The Hall–Kier alpha value is -2.45. The van der Waals surface area contributed by atoms with E-state index in [0.29, 0.717) is 0 Å². The molecule has 25 heavy (non-hydrogen) atoms. The summed E-state index contributed by atoms with van der Waals surface area (Å²) >= 11 is 0. The van der Waals surface area contributed by atoms with Crippen LogP contribution in [0.25, 0.3) is 0 Å². The highest BCUT2D eigenvalue weighted by Gasteiger charge is 2.26. The Balaban J connectivity index is 2.07. The number of aromatic nitrogens is 1. The van der Waals surface area contributed by atoms with Crippen LogP contribution < -0.4 is 10.1 Å². The summed E-state index contributed by atoms with van der Waals surface area (Å²) in [6.07, 6.45) is 3.28. The van der Waals surface area contributed by atoms with Gasteiger partial charge in [-0.1, -0.05) is 12.1 Å². The van der Waals surface area contributed by atoms with Crippen molar-refractivity contribution in [1.82, 2.24) is 14.6 Å². The highest BCUT2D eigenvalue weighted by atomic mass is 32.2. The van der Waals surface area contributed by atoms with Gasteiger partial charge in [0.1, 0.15) is 10.6 Å². The van der Waals surface area contributed by atoms with E-state index in [1.807, 2.05) is 6.07 Å². The van der Waals surface area contributed by atoms with Gasteiger partial charge < -0.3 is 10.1 Å². The summed E-state index contributed by atoms with van der Waals surface area (Å²) < 4.78 is 31.6. The lowest BCUT2D eigenvalue weighted by atomic mass is 10.2. The smallest absolute Gasteiger partial charge is 0.246 e. The number of nitrogens with zero attached hydrogens (tertiary/aromatic N) is 2. The van der Waals surface area contributed by atoms with E-state index < -0.39 is 15.9 Å². The molecule has 0 aliphatic rings. The standard InChI is InChI=1S/C17H21N3O4S/c1-13-6-7-15(24-3)16(9-13)25(22,23)20(2)12-17(21)19-11-14-5-4-8-18-10-14/h4-10H,11-12H2,1-3H3,(H,19,21). The lowest BCUT2D eigenvalue weighted by Gasteiger charge is -2.19. The first-order valence-corrected chi connectivity index (χ1v) is 9.05. The van der Waals surface area contributed by atoms with Gasteiger partial charge in [-0.15, -0.1) is 0 Å². The Morgan fingerprint density at radius 1 is 1.32 bits per heavy atom. The molecule has 2 rings (SSSR count). The summed E-state index contributed by atoms with van der Waals surface area (Å²) in [5.74, 6) is -0.158. The van der Waals surface area contributed by atoms with Crippen molar-refractivity contribution in [3.63, 3.8) is 0 Å². The molecule has 0 aliphatic heterocycles. The SMILES string of the molecule is COc1ccc(C)cc1S(=O)(=O)N(C)CC(=O)NCc1cccnc1. The first-order chi connectivity index (χ1) is 11.8. The third kappa shape index (κ3) is 4.77. The normalized spacial score (nSPS) is 11.4. The molecule has 1 aromatic heterocycles. The molecule has 0 aliphatic carbocycles. The highest BCUT2D eigenvalue weighted by Crippen LogP contribution is 2.26. The molecule has 1 heterocycles. The van der Waals surface area contributed by atoms with Crippen molar-refractivity contribution >= 4 is 15.9 Å².